The topological polar surface area (TPSA) is 134 Å². The minimum absolute atomic E-state index is 0.0573. The van der Waals surface area contributed by atoms with Crippen molar-refractivity contribution in [1.29, 1.82) is 0 Å². The number of nitrogens with zero attached hydrogens (tertiary/aromatic N) is 1. The Kier molecular flexibility index (Phi) is 5.01. The summed E-state index contributed by atoms with van der Waals surface area (Å²) in [5.41, 5.74) is 4.79. The number of amides is 3. The first-order valence-electron chi connectivity index (χ1n) is 5.88. The Morgan fingerprint density at radius 1 is 1.35 bits per heavy atom. The van der Waals surface area contributed by atoms with E-state index < -0.39 is 23.9 Å². The van der Waals surface area contributed by atoms with Crippen LogP contribution >= 0.6 is 0 Å². The van der Waals surface area contributed by atoms with Crippen LogP contribution in [0.3, 0.4) is 0 Å². The average Bonchev–Trinajstić information content (AvgIpc) is 2.35. The van der Waals surface area contributed by atoms with Crippen LogP contribution in [0.1, 0.15) is 24.3 Å². The Labute approximate surface area is 115 Å². The molecular formula is C12H16N4O4. The van der Waals surface area contributed by atoms with Gasteiger partial charge in [-0.15, -0.1) is 0 Å². The van der Waals surface area contributed by atoms with Gasteiger partial charge in [-0.1, -0.05) is 13.8 Å². The van der Waals surface area contributed by atoms with Crippen molar-refractivity contribution in [2.45, 2.75) is 19.9 Å². The molecule has 0 spiro atoms. The molecule has 0 aliphatic rings. The molecule has 1 heterocycles. The highest BCUT2D eigenvalue weighted by molar-refractivity contribution is 6.02. The Bertz CT molecular complexity index is 530. The molecular weight excluding hydrogens is 264 g/mol. The molecule has 0 radical (unpaired) electrons. The molecule has 0 fully saturated rings. The van der Waals surface area contributed by atoms with Gasteiger partial charge < -0.3 is 21.5 Å². The van der Waals surface area contributed by atoms with Crippen LogP contribution in [0.25, 0.3) is 0 Å². The molecule has 8 heteroatoms. The van der Waals surface area contributed by atoms with E-state index in [2.05, 4.69) is 15.6 Å². The summed E-state index contributed by atoms with van der Waals surface area (Å²) >= 11 is 0. The number of rotatable bonds is 5. The molecule has 108 valence electrons. The maximum absolute atomic E-state index is 12.1. The Morgan fingerprint density at radius 3 is 2.50 bits per heavy atom. The lowest BCUT2D eigenvalue weighted by Gasteiger charge is -2.20. The number of urea groups is 1. The summed E-state index contributed by atoms with van der Waals surface area (Å²) in [5.74, 6) is -2.04. The standard InChI is InChI=1S/C12H16N4O4/c1-6(2)8(16-12(13)20)10(17)15-7-4-3-5-14-9(7)11(18)19/h3-6,8H,1-2H3,(H,15,17)(H,18,19)(H3,13,16,20). The lowest BCUT2D eigenvalue weighted by Crippen LogP contribution is -2.49. The van der Waals surface area contributed by atoms with Crippen LogP contribution in [-0.4, -0.2) is 34.0 Å². The number of carboxylic acid groups (broad SMARTS) is 1. The van der Waals surface area contributed by atoms with E-state index in [1.165, 1.54) is 18.3 Å². The molecule has 1 aromatic heterocycles. The quantitative estimate of drug-likeness (QED) is 0.619. The molecule has 0 aromatic carbocycles. The molecule has 1 unspecified atom stereocenters. The third-order valence-electron chi connectivity index (χ3n) is 2.52. The smallest absolute Gasteiger partial charge is 0.356 e. The van der Waals surface area contributed by atoms with Gasteiger partial charge in [0, 0.05) is 6.20 Å². The van der Waals surface area contributed by atoms with E-state index in [9.17, 15) is 14.4 Å². The zero-order valence-corrected chi connectivity index (χ0v) is 11.1. The number of anilines is 1. The second-order valence-electron chi connectivity index (χ2n) is 4.42. The van der Waals surface area contributed by atoms with Gasteiger partial charge in [-0.25, -0.2) is 14.6 Å². The van der Waals surface area contributed by atoms with Gasteiger partial charge in [-0.3, -0.25) is 4.79 Å². The highest BCUT2D eigenvalue weighted by Gasteiger charge is 2.24. The molecule has 0 saturated carbocycles. The molecule has 1 rings (SSSR count). The maximum atomic E-state index is 12.1. The molecule has 20 heavy (non-hydrogen) atoms. The fraction of sp³-hybridized carbons (Fsp3) is 0.333. The minimum Gasteiger partial charge on any atom is -0.476 e. The number of hydrogen-bond acceptors (Lipinski definition) is 4. The van der Waals surface area contributed by atoms with E-state index in [0.29, 0.717) is 0 Å². The first kappa shape index (κ1) is 15.4. The van der Waals surface area contributed by atoms with Gasteiger partial charge in [0.25, 0.3) is 0 Å². The van der Waals surface area contributed by atoms with E-state index in [4.69, 9.17) is 10.8 Å². The lowest BCUT2D eigenvalue weighted by molar-refractivity contribution is -0.118. The molecule has 0 aliphatic heterocycles. The molecule has 1 atom stereocenters. The second kappa shape index (κ2) is 6.50. The number of nitrogens with two attached hydrogens (primary N) is 1. The third-order valence-corrected chi connectivity index (χ3v) is 2.52. The number of carboxylic acids is 1. The number of primary amides is 1. The predicted octanol–water partition coefficient (Wildman–Crippen LogP) is 0.411. The van der Waals surface area contributed by atoms with Crippen molar-refractivity contribution in [3.63, 3.8) is 0 Å². The number of carbonyl (C=O) groups excluding carboxylic acids is 2. The van der Waals surface area contributed by atoms with Gasteiger partial charge in [0.2, 0.25) is 5.91 Å². The van der Waals surface area contributed by atoms with E-state index in [-0.39, 0.29) is 17.3 Å². The Balaban J connectivity index is 2.94. The summed E-state index contributed by atoms with van der Waals surface area (Å²) < 4.78 is 0. The maximum Gasteiger partial charge on any atom is 0.356 e. The summed E-state index contributed by atoms with van der Waals surface area (Å²) in [4.78, 5) is 37.6. The second-order valence-corrected chi connectivity index (χ2v) is 4.42. The van der Waals surface area contributed by atoms with Crippen LogP contribution in [0.5, 0.6) is 0 Å². The van der Waals surface area contributed by atoms with E-state index in [1.54, 1.807) is 13.8 Å². The van der Waals surface area contributed by atoms with Gasteiger partial charge >= 0.3 is 12.0 Å². The van der Waals surface area contributed by atoms with Crippen molar-refractivity contribution < 1.29 is 19.5 Å². The molecule has 0 saturated heterocycles. The number of hydrogen-bond donors (Lipinski definition) is 4. The van der Waals surface area contributed by atoms with Crippen LogP contribution in [-0.2, 0) is 4.79 Å². The Morgan fingerprint density at radius 2 is 2.00 bits per heavy atom. The first-order chi connectivity index (χ1) is 9.32. The predicted molar refractivity (Wildman–Crippen MR) is 71.2 cm³/mol. The van der Waals surface area contributed by atoms with Crippen LogP contribution in [0.2, 0.25) is 0 Å². The largest absolute Gasteiger partial charge is 0.476 e. The molecule has 5 N–H and O–H groups in total. The summed E-state index contributed by atoms with van der Waals surface area (Å²) in [6.45, 7) is 3.45. The van der Waals surface area contributed by atoms with Crippen molar-refractivity contribution in [1.82, 2.24) is 10.3 Å². The normalized spacial score (nSPS) is 11.8. The lowest BCUT2D eigenvalue weighted by atomic mass is 10.0. The van der Waals surface area contributed by atoms with Crippen LogP contribution < -0.4 is 16.4 Å². The number of carbonyl (C=O) groups is 3. The van der Waals surface area contributed by atoms with Gasteiger partial charge in [0.1, 0.15) is 6.04 Å². The molecule has 1 aromatic rings. The van der Waals surface area contributed by atoms with E-state index in [1.807, 2.05) is 0 Å². The average molecular weight is 280 g/mol. The molecule has 0 bridgehead atoms. The zero-order valence-electron chi connectivity index (χ0n) is 11.1. The molecule has 3 amide bonds. The SMILES string of the molecule is CC(C)C(NC(N)=O)C(=O)Nc1cccnc1C(=O)O. The van der Waals surface area contributed by atoms with E-state index in [0.717, 1.165) is 0 Å². The monoisotopic (exact) mass is 280 g/mol. The van der Waals surface area contributed by atoms with Crippen LogP contribution in [0, 0.1) is 5.92 Å². The van der Waals surface area contributed by atoms with Crippen LogP contribution in [0.15, 0.2) is 18.3 Å². The number of nitrogens with one attached hydrogen (secondary N) is 2. The van der Waals surface area contributed by atoms with Gasteiger partial charge in [-0.05, 0) is 18.1 Å². The molecule has 0 aliphatic carbocycles. The minimum atomic E-state index is -1.26. The first-order valence-corrected chi connectivity index (χ1v) is 5.88. The summed E-state index contributed by atoms with van der Waals surface area (Å²) in [6, 6.07) is 1.21. The summed E-state index contributed by atoms with van der Waals surface area (Å²) in [5, 5.41) is 13.7. The molecule has 8 nitrogen and oxygen atoms in total. The van der Waals surface area contributed by atoms with Gasteiger partial charge in [-0.2, -0.15) is 0 Å². The van der Waals surface area contributed by atoms with Gasteiger partial charge in [0.15, 0.2) is 5.69 Å². The fourth-order valence-corrected chi connectivity index (χ4v) is 1.58. The number of aromatic carboxylic acids is 1. The van der Waals surface area contributed by atoms with Crippen molar-refractivity contribution >= 4 is 23.6 Å². The van der Waals surface area contributed by atoms with Crippen LogP contribution in [0.4, 0.5) is 10.5 Å². The van der Waals surface area contributed by atoms with Crippen molar-refractivity contribution in [2.75, 3.05) is 5.32 Å². The van der Waals surface area contributed by atoms with Crippen molar-refractivity contribution in [3.8, 4) is 0 Å². The fourth-order valence-electron chi connectivity index (χ4n) is 1.58. The highest BCUT2D eigenvalue weighted by Crippen LogP contribution is 2.13. The highest BCUT2D eigenvalue weighted by atomic mass is 16.4. The summed E-state index contributed by atoms with van der Waals surface area (Å²) in [6.07, 6.45) is 1.31. The Hall–Kier alpha value is -2.64. The van der Waals surface area contributed by atoms with Crippen molar-refractivity contribution in [2.24, 2.45) is 11.7 Å². The number of pyridine rings is 1. The zero-order chi connectivity index (χ0) is 15.3. The third kappa shape index (κ3) is 3.94. The van der Waals surface area contributed by atoms with Crippen molar-refractivity contribution in [3.05, 3.63) is 24.0 Å². The van der Waals surface area contributed by atoms with Gasteiger partial charge in [0.05, 0.1) is 5.69 Å². The van der Waals surface area contributed by atoms with E-state index >= 15 is 0 Å². The number of aromatic nitrogens is 1. The summed E-state index contributed by atoms with van der Waals surface area (Å²) in [7, 11) is 0.